The van der Waals surface area contributed by atoms with Crippen LogP contribution in [0.4, 0.5) is 8.78 Å². The number of carbonyl (C=O) groups excluding carboxylic acids is 1. The average molecular weight is 325 g/mol. The zero-order valence-corrected chi connectivity index (χ0v) is 11.8. The van der Waals surface area contributed by atoms with E-state index >= 15 is 0 Å². The molecule has 0 saturated heterocycles. The van der Waals surface area contributed by atoms with E-state index in [1.54, 1.807) is 19.1 Å². The van der Waals surface area contributed by atoms with Crippen molar-refractivity contribution in [2.24, 2.45) is 0 Å². The molecule has 0 unspecified atom stereocenters. The highest BCUT2D eigenvalue weighted by atomic mass is 79.9. The van der Waals surface area contributed by atoms with E-state index in [0.29, 0.717) is 5.56 Å². The van der Waals surface area contributed by atoms with E-state index in [9.17, 15) is 13.6 Å². The molecule has 0 aliphatic heterocycles. The van der Waals surface area contributed by atoms with Crippen molar-refractivity contribution in [1.82, 2.24) is 0 Å². The van der Waals surface area contributed by atoms with Gasteiger partial charge in [0.1, 0.15) is 11.6 Å². The minimum atomic E-state index is -0.694. The van der Waals surface area contributed by atoms with Crippen molar-refractivity contribution < 1.29 is 13.6 Å². The standard InChI is InChI=1S/C15H11BrF2O/c1-9-10(4-2-5-12(9)16)15(19)8-11-13(17)6-3-7-14(11)18/h2-7H,8H2,1H3. The lowest BCUT2D eigenvalue weighted by molar-refractivity contribution is 0.0990. The quantitative estimate of drug-likeness (QED) is 0.762. The summed E-state index contributed by atoms with van der Waals surface area (Å²) in [5, 5.41) is 0. The summed E-state index contributed by atoms with van der Waals surface area (Å²) in [4.78, 5) is 12.1. The molecule has 2 aromatic carbocycles. The van der Waals surface area contributed by atoms with Crippen LogP contribution in [0.25, 0.3) is 0 Å². The van der Waals surface area contributed by atoms with E-state index in [1.165, 1.54) is 6.07 Å². The number of rotatable bonds is 3. The number of hydrogen-bond donors (Lipinski definition) is 0. The Labute approximate surface area is 118 Å². The first-order valence-electron chi connectivity index (χ1n) is 5.72. The Balaban J connectivity index is 2.34. The molecule has 0 aliphatic carbocycles. The summed E-state index contributed by atoms with van der Waals surface area (Å²) in [6, 6.07) is 8.78. The average Bonchev–Trinajstić information content (AvgIpc) is 2.37. The van der Waals surface area contributed by atoms with Gasteiger partial charge in [0.2, 0.25) is 0 Å². The van der Waals surface area contributed by atoms with Gasteiger partial charge in [0, 0.05) is 22.0 Å². The smallest absolute Gasteiger partial charge is 0.167 e. The van der Waals surface area contributed by atoms with E-state index < -0.39 is 11.6 Å². The highest BCUT2D eigenvalue weighted by Crippen LogP contribution is 2.22. The number of benzene rings is 2. The van der Waals surface area contributed by atoms with Gasteiger partial charge in [-0.05, 0) is 30.7 Å². The van der Waals surface area contributed by atoms with Crippen LogP contribution in [-0.4, -0.2) is 5.78 Å². The first-order chi connectivity index (χ1) is 9.00. The van der Waals surface area contributed by atoms with Gasteiger partial charge >= 0.3 is 0 Å². The fraction of sp³-hybridized carbons (Fsp3) is 0.133. The Hall–Kier alpha value is -1.55. The molecule has 0 saturated carbocycles. The lowest BCUT2D eigenvalue weighted by Crippen LogP contribution is -2.09. The van der Waals surface area contributed by atoms with Gasteiger partial charge in [-0.15, -0.1) is 0 Å². The number of carbonyl (C=O) groups is 1. The minimum absolute atomic E-state index is 0.188. The summed E-state index contributed by atoms with van der Waals surface area (Å²) in [5.74, 6) is -1.69. The monoisotopic (exact) mass is 324 g/mol. The van der Waals surface area contributed by atoms with Crippen LogP contribution in [0.5, 0.6) is 0 Å². The minimum Gasteiger partial charge on any atom is -0.294 e. The van der Waals surface area contributed by atoms with Gasteiger partial charge in [-0.1, -0.05) is 34.1 Å². The maximum Gasteiger partial charge on any atom is 0.167 e. The van der Waals surface area contributed by atoms with Crippen molar-refractivity contribution in [2.45, 2.75) is 13.3 Å². The number of hydrogen-bond acceptors (Lipinski definition) is 1. The van der Waals surface area contributed by atoms with Crippen LogP contribution in [0, 0.1) is 18.6 Å². The van der Waals surface area contributed by atoms with Gasteiger partial charge in [-0.3, -0.25) is 4.79 Å². The second-order valence-corrected chi connectivity index (χ2v) is 5.07. The van der Waals surface area contributed by atoms with Gasteiger partial charge < -0.3 is 0 Å². The van der Waals surface area contributed by atoms with Crippen LogP contribution >= 0.6 is 15.9 Å². The molecule has 0 radical (unpaired) electrons. The molecule has 0 heterocycles. The molecule has 19 heavy (non-hydrogen) atoms. The van der Waals surface area contributed by atoms with Crippen molar-refractivity contribution in [1.29, 1.82) is 0 Å². The van der Waals surface area contributed by atoms with Gasteiger partial charge in [0.15, 0.2) is 5.78 Å². The molecule has 0 fully saturated rings. The number of Topliss-reactive ketones (excluding diaryl/α,β-unsaturated/α-hetero) is 1. The maximum atomic E-state index is 13.5. The van der Waals surface area contributed by atoms with E-state index in [-0.39, 0.29) is 17.8 Å². The third-order valence-corrected chi connectivity index (χ3v) is 3.83. The van der Waals surface area contributed by atoms with Crippen LogP contribution in [-0.2, 0) is 6.42 Å². The Morgan fingerprint density at radius 1 is 1.11 bits per heavy atom. The SMILES string of the molecule is Cc1c(Br)cccc1C(=O)Cc1c(F)cccc1F. The zero-order chi connectivity index (χ0) is 14.0. The van der Waals surface area contributed by atoms with Crippen molar-refractivity contribution in [3.63, 3.8) is 0 Å². The lowest BCUT2D eigenvalue weighted by atomic mass is 9.99. The Morgan fingerprint density at radius 3 is 2.32 bits per heavy atom. The fourth-order valence-electron chi connectivity index (χ4n) is 1.87. The largest absolute Gasteiger partial charge is 0.294 e. The first kappa shape index (κ1) is 13.9. The first-order valence-corrected chi connectivity index (χ1v) is 6.51. The molecule has 0 amide bonds. The van der Waals surface area contributed by atoms with Crippen LogP contribution in [0.15, 0.2) is 40.9 Å². The molecular weight excluding hydrogens is 314 g/mol. The zero-order valence-electron chi connectivity index (χ0n) is 10.2. The van der Waals surface area contributed by atoms with E-state index in [1.807, 2.05) is 6.07 Å². The second-order valence-electron chi connectivity index (χ2n) is 4.21. The van der Waals surface area contributed by atoms with Gasteiger partial charge in [-0.25, -0.2) is 8.78 Å². The molecule has 98 valence electrons. The van der Waals surface area contributed by atoms with Crippen LogP contribution in [0.2, 0.25) is 0 Å². The molecule has 0 aliphatic rings. The Morgan fingerprint density at radius 2 is 1.68 bits per heavy atom. The molecule has 0 spiro atoms. The lowest BCUT2D eigenvalue weighted by Gasteiger charge is -2.08. The summed E-state index contributed by atoms with van der Waals surface area (Å²) in [7, 11) is 0. The molecule has 0 aromatic heterocycles. The normalized spacial score (nSPS) is 10.5. The van der Waals surface area contributed by atoms with Gasteiger partial charge in [0.05, 0.1) is 0 Å². The van der Waals surface area contributed by atoms with Crippen LogP contribution in [0.1, 0.15) is 21.5 Å². The van der Waals surface area contributed by atoms with Crippen LogP contribution < -0.4 is 0 Å². The molecule has 1 nitrogen and oxygen atoms in total. The summed E-state index contributed by atoms with van der Waals surface area (Å²) >= 11 is 3.33. The Kier molecular flexibility index (Phi) is 4.10. The highest BCUT2D eigenvalue weighted by molar-refractivity contribution is 9.10. The summed E-state index contributed by atoms with van der Waals surface area (Å²) in [6.45, 7) is 1.79. The molecule has 0 atom stereocenters. The third kappa shape index (κ3) is 2.89. The maximum absolute atomic E-state index is 13.5. The summed E-state index contributed by atoms with van der Waals surface area (Å²) < 4.78 is 27.8. The van der Waals surface area contributed by atoms with Crippen molar-refractivity contribution >= 4 is 21.7 Å². The van der Waals surface area contributed by atoms with Crippen molar-refractivity contribution in [2.75, 3.05) is 0 Å². The van der Waals surface area contributed by atoms with E-state index in [4.69, 9.17) is 0 Å². The molecule has 2 aromatic rings. The fourth-order valence-corrected chi connectivity index (χ4v) is 2.23. The van der Waals surface area contributed by atoms with E-state index in [0.717, 1.165) is 22.2 Å². The molecule has 0 N–H and O–H groups in total. The molecule has 2 rings (SSSR count). The van der Waals surface area contributed by atoms with Crippen molar-refractivity contribution in [3.8, 4) is 0 Å². The third-order valence-electron chi connectivity index (χ3n) is 2.97. The van der Waals surface area contributed by atoms with E-state index in [2.05, 4.69) is 15.9 Å². The second kappa shape index (κ2) is 5.61. The summed E-state index contributed by atoms with van der Waals surface area (Å²) in [5.41, 5.74) is 1.05. The van der Waals surface area contributed by atoms with Gasteiger partial charge in [-0.2, -0.15) is 0 Å². The predicted octanol–water partition coefficient (Wildman–Crippen LogP) is 4.46. The number of ketones is 1. The summed E-state index contributed by atoms with van der Waals surface area (Å²) in [6.07, 6.45) is -0.282. The number of halogens is 3. The molecular formula is C15H11BrF2O. The van der Waals surface area contributed by atoms with Crippen molar-refractivity contribution in [3.05, 3.63) is 69.2 Å². The molecule has 4 heteroatoms. The Bertz CT molecular complexity index is 618. The highest BCUT2D eigenvalue weighted by Gasteiger charge is 2.16. The van der Waals surface area contributed by atoms with Gasteiger partial charge in [0.25, 0.3) is 0 Å². The predicted molar refractivity (Wildman–Crippen MR) is 73.3 cm³/mol. The van der Waals surface area contributed by atoms with Crippen LogP contribution in [0.3, 0.4) is 0 Å². The topological polar surface area (TPSA) is 17.1 Å². The molecule has 0 bridgehead atoms.